The molecule has 0 heterocycles. The highest BCUT2D eigenvalue weighted by Crippen LogP contribution is 1.97. The van der Waals surface area contributed by atoms with Crippen LogP contribution >= 0.6 is 0 Å². The van der Waals surface area contributed by atoms with Crippen molar-refractivity contribution in [3.8, 4) is 0 Å². The van der Waals surface area contributed by atoms with Crippen molar-refractivity contribution >= 4 is 6.21 Å². The summed E-state index contributed by atoms with van der Waals surface area (Å²) in [5.41, 5.74) is 2.34. The summed E-state index contributed by atoms with van der Waals surface area (Å²) in [6, 6.07) is 0. The molecule has 9 heavy (non-hydrogen) atoms. The van der Waals surface area contributed by atoms with Crippen molar-refractivity contribution in [3.63, 3.8) is 0 Å². The Morgan fingerprint density at radius 3 is 2.33 bits per heavy atom. The van der Waals surface area contributed by atoms with Gasteiger partial charge in [-0.25, -0.2) is 0 Å². The van der Waals surface area contributed by atoms with E-state index in [0.29, 0.717) is 0 Å². The fraction of sp³-hybridized carbons (Fsp3) is 0.571. The normalized spacial score (nSPS) is 12.8. The summed E-state index contributed by atoms with van der Waals surface area (Å²) in [6.45, 7) is 4.09. The van der Waals surface area contributed by atoms with Crippen LogP contribution < -0.4 is 5.32 Å². The van der Waals surface area contributed by atoms with Crippen LogP contribution in [0.3, 0.4) is 0 Å². The molecule has 0 aliphatic heterocycles. The molecule has 0 aliphatic rings. The Kier molecular flexibility index (Phi) is 3.97. The van der Waals surface area contributed by atoms with Crippen LogP contribution in [0.25, 0.3) is 0 Å². The lowest BCUT2D eigenvalue weighted by Gasteiger charge is -1.97. The van der Waals surface area contributed by atoms with Gasteiger partial charge in [-0.2, -0.15) is 0 Å². The number of rotatable bonds is 3. The van der Waals surface area contributed by atoms with Crippen LogP contribution in [-0.4, -0.2) is 13.3 Å². The quantitative estimate of drug-likeness (QED) is 0.519. The van der Waals surface area contributed by atoms with E-state index in [0.717, 1.165) is 12.0 Å². The summed E-state index contributed by atoms with van der Waals surface area (Å²) in [5.74, 6) is 0. The molecule has 2 nitrogen and oxygen atoms in total. The van der Waals surface area contributed by atoms with Gasteiger partial charge in [-0.3, -0.25) is 0 Å². The predicted molar refractivity (Wildman–Crippen MR) is 39.6 cm³/mol. The van der Waals surface area contributed by atoms with Crippen LogP contribution in [-0.2, 0) is 0 Å². The molecule has 0 amide bonds. The lowest BCUT2D eigenvalue weighted by atomic mass is 10.2. The van der Waals surface area contributed by atoms with Gasteiger partial charge in [-0.1, -0.05) is 6.92 Å². The van der Waals surface area contributed by atoms with Gasteiger partial charge in [-0.05, 0) is 6.42 Å². The van der Waals surface area contributed by atoms with Crippen molar-refractivity contribution in [1.29, 1.82) is 5.41 Å². The van der Waals surface area contributed by atoms with Crippen LogP contribution in [0.1, 0.15) is 20.3 Å². The zero-order valence-electron chi connectivity index (χ0n) is 6.36. The maximum atomic E-state index is 6.99. The third kappa shape index (κ3) is 2.42. The van der Waals surface area contributed by atoms with Crippen molar-refractivity contribution in [1.82, 2.24) is 0 Å². The molecule has 0 unspecified atom stereocenters. The molecule has 52 valence electrons. The molecule has 0 atom stereocenters. The van der Waals surface area contributed by atoms with E-state index in [-0.39, 0.29) is 0 Å². The topological polar surface area (TPSA) is 40.5 Å². The van der Waals surface area contributed by atoms with Crippen LogP contribution in [0.2, 0.25) is 0 Å². The van der Waals surface area contributed by atoms with E-state index in [1.165, 1.54) is 11.9 Å². The molecule has 0 radical (unpaired) electrons. The SMILES string of the molecule is CCC(C=N)=C(C)[NH2+]C. The Morgan fingerprint density at radius 1 is 1.67 bits per heavy atom. The average molecular weight is 127 g/mol. The largest absolute Gasteiger partial charge is 0.320 e. The molecule has 0 aromatic carbocycles. The standard InChI is InChI=1S/C7H14N2/c1-4-7(5-8)6(2)9-3/h5,8-9H,4H2,1-3H3/p+1. The van der Waals surface area contributed by atoms with Gasteiger partial charge >= 0.3 is 0 Å². The Bertz CT molecular complexity index is 125. The lowest BCUT2D eigenvalue weighted by Crippen LogP contribution is -2.77. The average Bonchev–Trinajstić information content (AvgIpc) is 1.90. The zero-order valence-corrected chi connectivity index (χ0v) is 6.36. The molecule has 0 spiro atoms. The van der Waals surface area contributed by atoms with Crippen molar-refractivity contribution < 1.29 is 5.32 Å². The van der Waals surface area contributed by atoms with Gasteiger partial charge in [0.25, 0.3) is 0 Å². The van der Waals surface area contributed by atoms with Crippen molar-refractivity contribution in [2.24, 2.45) is 0 Å². The molecular weight excluding hydrogens is 112 g/mol. The van der Waals surface area contributed by atoms with Crippen LogP contribution in [0, 0.1) is 5.41 Å². The molecule has 0 saturated carbocycles. The molecule has 0 fully saturated rings. The fourth-order valence-corrected chi connectivity index (χ4v) is 0.680. The first-order chi connectivity index (χ1) is 4.26. The van der Waals surface area contributed by atoms with Crippen LogP contribution in [0.15, 0.2) is 11.3 Å². The van der Waals surface area contributed by atoms with Gasteiger partial charge in [0.2, 0.25) is 0 Å². The number of nitrogens with two attached hydrogens (primary N) is 1. The Balaban J connectivity index is 4.18. The molecule has 0 aromatic heterocycles. The molecule has 3 N–H and O–H groups in total. The van der Waals surface area contributed by atoms with E-state index >= 15 is 0 Å². The van der Waals surface area contributed by atoms with E-state index < -0.39 is 0 Å². The van der Waals surface area contributed by atoms with Crippen molar-refractivity contribution in [3.05, 3.63) is 11.3 Å². The van der Waals surface area contributed by atoms with Crippen molar-refractivity contribution in [2.45, 2.75) is 20.3 Å². The Morgan fingerprint density at radius 2 is 2.22 bits per heavy atom. The fourth-order valence-electron chi connectivity index (χ4n) is 0.680. The van der Waals surface area contributed by atoms with Crippen LogP contribution in [0.4, 0.5) is 0 Å². The van der Waals surface area contributed by atoms with Gasteiger partial charge in [0.05, 0.1) is 7.05 Å². The first-order valence-electron chi connectivity index (χ1n) is 3.25. The highest BCUT2D eigenvalue weighted by molar-refractivity contribution is 5.75. The maximum absolute atomic E-state index is 6.99. The van der Waals surface area contributed by atoms with E-state index in [4.69, 9.17) is 5.41 Å². The minimum absolute atomic E-state index is 0.958. The first-order valence-corrected chi connectivity index (χ1v) is 3.25. The number of allylic oxidation sites excluding steroid dienone is 2. The summed E-state index contributed by atoms with van der Waals surface area (Å²) >= 11 is 0. The van der Waals surface area contributed by atoms with Gasteiger partial charge in [0.15, 0.2) is 0 Å². The number of hydrogen-bond acceptors (Lipinski definition) is 1. The monoisotopic (exact) mass is 127 g/mol. The van der Waals surface area contributed by atoms with Gasteiger partial charge < -0.3 is 10.7 Å². The van der Waals surface area contributed by atoms with Gasteiger partial charge in [-0.15, -0.1) is 0 Å². The summed E-state index contributed by atoms with van der Waals surface area (Å²) < 4.78 is 0. The smallest absolute Gasteiger partial charge is 0.107 e. The van der Waals surface area contributed by atoms with Crippen LogP contribution in [0.5, 0.6) is 0 Å². The summed E-state index contributed by atoms with van der Waals surface area (Å²) in [6.07, 6.45) is 2.38. The highest BCUT2D eigenvalue weighted by Gasteiger charge is 1.96. The van der Waals surface area contributed by atoms with E-state index in [1.54, 1.807) is 0 Å². The van der Waals surface area contributed by atoms with Gasteiger partial charge in [0.1, 0.15) is 5.70 Å². The maximum Gasteiger partial charge on any atom is 0.107 e. The minimum Gasteiger partial charge on any atom is -0.320 e. The number of hydrogen-bond donors (Lipinski definition) is 2. The molecule has 0 aromatic rings. The van der Waals surface area contributed by atoms with Crippen molar-refractivity contribution in [2.75, 3.05) is 7.05 Å². The molecule has 0 bridgehead atoms. The summed E-state index contributed by atoms with van der Waals surface area (Å²) in [7, 11) is 1.99. The molecule has 0 saturated heterocycles. The second kappa shape index (κ2) is 4.27. The highest BCUT2D eigenvalue weighted by atomic mass is 14.8. The summed E-state index contributed by atoms with van der Waals surface area (Å²) in [4.78, 5) is 0. The van der Waals surface area contributed by atoms with Gasteiger partial charge in [0, 0.05) is 18.7 Å². The third-order valence-corrected chi connectivity index (χ3v) is 1.49. The zero-order chi connectivity index (χ0) is 7.28. The molecule has 0 rings (SSSR count). The lowest BCUT2D eigenvalue weighted by molar-refractivity contribution is -0.576. The van der Waals surface area contributed by atoms with E-state index in [9.17, 15) is 0 Å². The second-order valence-corrected chi connectivity index (χ2v) is 1.99. The summed E-state index contributed by atoms with van der Waals surface area (Å²) in [5, 5.41) is 9.02. The van der Waals surface area contributed by atoms with E-state index in [2.05, 4.69) is 6.92 Å². The first kappa shape index (κ1) is 8.37. The number of nitrogens with one attached hydrogen (secondary N) is 1. The Hall–Kier alpha value is -0.630. The minimum atomic E-state index is 0.958. The van der Waals surface area contributed by atoms with E-state index in [1.807, 2.05) is 19.3 Å². The predicted octanol–water partition coefficient (Wildman–Crippen LogP) is 0.513. The third-order valence-electron chi connectivity index (χ3n) is 1.49. The number of quaternary nitrogens is 1. The molecular formula is C7H15N2+. The Labute approximate surface area is 56.5 Å². The molecule has 0 aliphatic carbocycles. The molecule has 2 heteroatoms. The second-order valence-electron chi connectivity index (χ2n) is 1.99.